The van der Waals surface area contributed by atoms with Crippen LogP contribution in [0.5, 0.6) is 0 Å². The monoisotopic (exact) mass is 272 g/mol. The lowest BCUT2D eigenvalue weighted by Gasteiger charge is -2.39. The van der Waals surface area contributed by atoms with E-state index in [0.717, 1.165) is 25.4 Å². The lowest BCUT2D eigenvalue weighted by molar-refractivity contribution is 0.0689. The molecule has 0 bridgehead atoms. The summed E-state index contributed by atoms with van der Waals surface area (Å²) >= 11 is 0. The molecule has 2 atom stereocenters. The van der Waals surface area contributed by atoms with E-state index in [1.54, 1.807) is 6.26 Å². The Bertz CT molecular complexity index is 513. The number of aliphatic hydroxyl groups excluding tert-OH is 1. The molecule has 1 aliphatic heterocycles. The third-order valence-electron chi connectivity index (χ3n) is 3.89. The zero-order chi connectivity index (χ0) is 13.8. The Hall–Kier alpha value is -1.62. The molecular formula is C16H20N2O2. The van der Waals surface area contributed by atoms with E-state index in [9.17, 15) is 5.11 Å². The second kappa shape index (κ2) is 6.22. The third-order valence-corrected chi connectivity index (χ3v) is 3.89. The van der Waals surface area contributed by atoms with Crippen LogP contribution in [0.3, 0.4) is 0 Å². The minimum Gasteiger partial charge on any atom is -0.468 e. The summed E-state index contributed by atoms with van der Waals surface area (Å²) in [5, 5.41) is 13.0. The third kappa shape index (κ3) is 2.93. The average molecular weight is 272 g/mol. The van der Waals surface area contributed by atoms with E-state index in [0.29, 0.717) is 6.04 Å². The van der Waals surface area contributed by atoms with Gasteiger partial charge in [0.15, 0.2) is 0 Å². The summed E-state index contributed by atoms with van der Waals surface area (Å²) in [7, 11) is 0. The smallest absolute Gasteiger partial charge is 0.117 e. The predicted octanol–water partition coefficient (Wildman–Crippen LogP) is 1.79. The molecule has 20 heavy (non-hydrogen) atoms. The molecule has 1 aromatic carbocycles. The number of hydrogen-bond acceptors (Lipinski definition) is 4. The first-order chi connectivity index (χ1) is 9.86. The van der Waals surface area contributed by atoms with Crippen LogP contribution in [0.2, 0.25) is 0 Å². The van der Waals surface area contributed by atoms with Crippen LogP contribution in [0, 0.1) is 0 Å². The van der Waals surface area contributed by atoms with Crippen LogP contribution in [0.15, 0.2) is 53.1 Å². The van der Waals surface area contributed by atoms with Gasteiger partial charge in [-0.05, 0) is 17.7 Å². The van der Waals surface area contributed by atoms with Gasteiger partial charge in [-0.2, -0.15) is 0 Å². The van der Waals surface area contributed by atoms with Crippen molar-refractivity contribution >= 4 is 0 Å². The van der Waals surface area contributed by atoms with Crippen LogP contribution in [-0.2, 0) is 6.54 Å². The number of nitrogens with one attached hydrogen (secondary N) is 1. The molecule has 3 rings (SSSR count). The van der Waals surface area contributed by atoms with Crippen molar-refractivity contribution in [3.8, 4) is 0 Å². The summed E-state index contributed by atoms with van der Waals surface area (Å²) < 4.78 is 5.43. The Balaban J connectivity index is 1.72. The molecule has 1 fully saturated rings. The van der Waals surface area contributed by atoms with Crippen molar-refractivity contribution in [2.75, 3.05) is 19.7 Å². The van der Waals surface area contributed by atoms with Gasteiger partial charge in [0.1, 0.15) is 5.76 Å². The number of aliphatic hydroxyl groups is 1. The standard InChI is InChI=1S/C16H20N2O2/c19-12-14-9-17-16(13-5-2-1-3-6-13)11-18(14)10-15-7-4-8-20-15/h1-8,14,16-17,19H,9-12H2. The van der Waals surface area contributed by atoms with Crippen LogP contribution < -0.4 is 5.32 Å². The highest BCUT2D eigenvalue weighted by Gasteiger charge is 2.28. The molecule has 2 unspecified atom stereocenters. The van der Waals surface area contributed by atoms with Crippen molar-refractivity contribution < 1.29 is 9.52 Å². The van der Waals surface area contributed by atoms with Crippen molar-refractivity contribution in [1.29, 1.82) is 0 Å². The molecule has 2 N–H and O–H groups in total. The highest BCUT2D eigenvalue weighted by Crippen LogP contribution is 2.21. The van der Waals surface area contributed by atoms with Gasteiger partial charge in [0.05, 0.1) is 19.4 Å². The van der Waals surface area contributed by atoms with Crippen LogP contribution >= 0.6 is 0 Å². The summed E-state index contributed by atoms with van der Waals surface area (Å²) in [6, 6.07) is 14.8. The summed E-state index contributed by atoms with van der Waals surface area (Å²) in [5.74, 6) is 0.942. The number of piperazine rings is 1. The number of benzene rings is 1. The van der Waals surface area contributed by atoms with Gasteiger partial charge in [-0.1, -0.05) is 30.3 Å². The first-order valence-electron chi connectivity index (χ1n) is 7.02. The fraction of sp³-hybridized carbons (Fsp3) is 0.375. The lowest BCUT2D eigenvalue weighted by atomic mass is 10.0. The zero-order valence-electron chi connectivity index (χ0n) is 11.4. The maximum atomic E-state index is 9.53. The average Bonchev–Trinajstić information content (AvgIpc) is 3.01. The van der Waals surface area contributed by atoms with E-state index in [2.05, 4.69) is 34.5 Å². The second-order valence-corrected chi connectivity index (χ2v) is 5.22. The maximum Gasteiger partial charge on any atom is 0.117 e. The Morgan fingerprint density at radius 1 is 1.20 bits per heavy atom. The quantitative estimate of drug-likeness (QED) is 0.891. The summed E-state index contributed by atoms with van der Waals surface area (Å²) in [6.07, 6.45) is 1.69. The van der Waals surface area contributed by atoms with E-state index < -0.39 is 0 Å². The molecule has 0 spiro atoms. The summed E-state index contributed by atoms with van der Waals surface area (Å²) in [6.45, 7) is 2.56. The zero-order valence-corrected chi connectivity index (χ0v) is 11.4. The molecule has 0 amide bonds. The minimum atomic E-state index is 0.139. The van der Waals surface area contributed by atoms with Gasteiger partial charge < -0.3 is 14.8 Å². The normalized spacial score (nSPS) is 23.9. The number of furan rings is 1. The highest BCUT2D eigenvalue weighted by molar-refractivity contribution is 5.20. The topological polar surface area (TPSA) is 48.6 Å². The van der Waals surface area contributed by atoms with Crippen LogP contribution in [0.4, 0.5) is 0 Å². The predicted molar refractivity (Wildman–Crippen MR) is 77.2 cm³/mol. The molecule has 1 aromatic heterocycles. The fourth-order valence-corrected chi connectivity index (χ4v) is 2.74. The molecule has 2 heterocycles. The SMILES string of the molecule is OCC1CNC(c2ccccc2)CN1Cc1ccco1. The molecule has 0 saturated carbocycles. The van der Waals surface area contributed by atoms with E-state index in [1.807, 2.05) is 18.2 Å². The van der Waals surface area contributed by atoms with Gasteiger partial charge in [-0.25, -0.2) is 0 Å². The first kappa shape index (κ1) is 13.4. The van der Waals surface area contributed by atoms with E-state index in [4.69, 9.17) is 4.42 Å². The van der Waals surface area contributed by atoms with Gasteiger partial charge in [0.2, 0.25) is 0 Å². The molecule has 1 saturated heterocycles. The Kier molecular flexibility index (Phi) is 4.16. The minimum absolute atomic E-state index is 0.139. The van der Waals surface area contributed by atoms with Crippen LogP contribution in [0.1, 0.15) is 17.4 Å². The van der Waals surface area contributed by atoms with Crippen LogP contribution in [-0.4, -0.2) is 35.7 Å². The molecule has 0 aliphatic carbocycles. The molecule has 4 heteroatoms. The maximum absolute atomic E-state index is 9.53. The van der Waals surface area contributed by atoms with Gasteiger partial charge in [0, 0.05) is 25.2 Å². The molecule has 4 nitrogen and oxygen atoms in total. The molecule has 2 aromatic rings. The molecule has 1 aliphatic rings. The van der Waals surface area contributed by atoms with E-state index >= 15 is 0 Å². The first-order valence-corrected chi connectivity index (χ1v) is 7.02. The molecule has 0 radical (unpaired) electrons. The summed E-state index contributed by atoms with van der Waals surface area (Å²) in [4.78, 5) is 2.28. The van der Waals surface area contributed by atoms with Crippen LogP contribution in [0.25, 0.3) is 0 Å². The van der Waals surface area contributed by atoms with Crippen molar-refractivity contribution in [2.24, 2.45) is 0 Å². The lowest BCUT2D eigenvalue weighted by Crippen LogP contribution is -2.53. The Morgan fingerprint density at radius 3 is 2.75 bits per heavy atom. The Labute approximate surface area is 119 Å². The summed E-state index contributed by atoms with van der Waals surface area (Å²) in [5.41, 5.74) is 1.29. The van der Waals surface area contributed by atoms with Crippen molar-refractivity contribution in [2.45, 2.75) is 18.6 Å². The number of hydrogen-bond donors (Lipinski definition) is 2. The highest BCUT2D eigenvalue weighted by atomic mass is 16.3. The Morgan fingerprint density at radius 2 is 2.05 bits per heavy atom. The van der Waals surface area contributed by atoms with Gasteiger partial charge in [-0.3, -0.25) is 4.90 Å². The van der Waals surface area contributed by atoms with E-state index in [-0.39, 0.29) is 12.6 Å². The van der Waals surface area contributed by atoms with Crippen molar-refractivity contribution in [3.05, 3.63) is 60.1 Å². The van der Waals surface area contributed by atoms with Crippen molar-refractivity contribution in [3.63, 3.8) is 0 Å². The second-order valence-electron chi connectivity index (χ2n) is 5.22. The van der Waals surface area contributed by atoms with Gasteiger partial charge >= 0.3 is 0 Å². The number of nitrogens with zero attached hydrogens (tertiary/aromatic N) is 1. The van der Waals surface area contributed by atoms with E-state index in [1.165, 1.54) is 5.56 Å². The van der Waals surface area contributed by atoms with Gasteiger partial charge in [0.25, 0.3) is 0 Å². The fourth-order valence-electron chi connectivity index (χ4n) is 2.74. The molecule has 106 valence electrons. The largest absolute Gasteiger partial charge is 0.468 e. The van der Waals surface area contributed by atoms with Gasteiger partial charge in [-0.15, -0.1) is 0 Å². The molecular weight excluding hydrogens is 252 g/mol. The number of rotatable bonds is 4. The van der Waals surface area contributed by atoms with Crippen molar-refractivity contribution in [1.82, 2.24) is 10.2 Å².